The summed E-state index contributed by atoms with van der Waals surface area (Å²) in [5.74, 6) is 0. The predicted octanol–water partition coefficient (Wildman–Crippen LogP) is 2.29. The summed E-state index contributed by atoms with van der Waals surface area (Å²) >= 11 is 0. The SMILES string of the molecule is C=C1CO[C@@H](CCC2CCCO2)C1. The molecule has 2 aliphatic rings. The summed E-state index contributed by atoms with van der Waals surface area (Å²) in [6, 6.07) is 0. The van der Waals surface area contributed by atoms with Gasteiger partial charge in [0.05, 0.1) is 18.8 Å². The molecular weight excluding hydrogens is 164 g/mol. The van der Waals surface area contributed by atoms with Gasteiger partial charge in [-0.3, -0.25) is 0 Å². The topological polar surface area (TPSA) is 18.5 Å². The minimum atomic E-state index is 0.427. The first-order chi connectivity index (χ1) is 6.34. The molecule has 2 rings (SSSR count). The number of rotatable bonds is 3. The third-order valence-electron chi connectivity index (χ3n) is 2.87. The Morgan fingerprint density at radius 2 is 2.08 bits per heavy atom. The van der Waals surface area contributed by atoms with Gasteiger partial charge in [0, 0.05) is 6.61 Å². The molecule has 74 valence electrons. The van der Waals surface area contributed by atoms with Crippen molar-refractivity contribution >= 4 is 0 Å². The molecule has 0 spiro atoms. The van der Waals surface area contributed by atoms with E-state index in [2.05, 4.69) is 6.58 Å². The Balaban J connectivity index is 1.64. The second-order valence-corrected chi connectivity index (χ2v) is 4.10. The third-order valence-corrected chi connectivity index (χ3v) is 2.87. The minimum absolute atomic E-state index is 0.427. The van der Waals surface area contributed by atoms with Crippen molar-refractivity contribution in [1.82, 2.24) is 0 Å². The van der Waals surface area contributed by atoms with E-state index in [4.69, 9.17) is 9.47 Å². The van der Waals surface area contributed by atoms with E-state index in [0.717, 1.165) is 32.5 Å². The van der Waals surface area contributed by atoms with Crippen LogP contribution in [0.2, 0.25) is 0 Å². The van der Waals surface area contributed by atoms with Gasteiger partial charge in [-0.25, -0.2) is 0 Å². The molecule has 0 bridgehead atoms. The highest BCUT2D eigenvalue weighted by atomic mass is 16.5. The summed E-state index contributed by atoms with van der Waals surface area (Å²) in [4.78, 5) is 0. The zero-order chi connectivity index (χ0) is 9.10. The fourth-order valence-electron chi connectivity index (χ4n) is 2.10. The Hall–Kier alpha value is -0.340. The Bertz CT molecular complexity index is 183. The highest BCUT2D eigenvalue weighted by Crippen LogP contribution is 2.24. The van der Waals surface area contributed by atoms with Gasteiger partial charge in [0.15, 0.2) is 0 Å². The lowest BCUT2D eigenvalue weighted by atomic mass is 10.0. The molecule has 0 radical (unpaired) electrons. The van der Waals surface area contributed by atoms with Crippen molar-refractivity contribution in [2.45, 2.75) is 44.3 Å². The van der Waals surface area contributed by atoms with Crippen LogP contribution in [0.5, 0.6) is 0 Å². The largest absolute Gasteiger partial charge is 0.378 e. The fraction of sp³-hybridized carbons (Fsp3) is 0.818. The first kappa shape index (κ1) is 9.22. The maximum Gasteiger partial charge on any atom is 0.0679 e. The molecule has 2 aliphatic heterocycles. The van der Waals surface area contributed by atoms with Crippen LogP contribution in [-0.4, -0.2) is 25.4 Å². The Morgan fingerprint density at radius 1 is 1.23 bits per heavy atom. The molecule has 2 fully saturated rings. The molecule has 0 aromatic carbocycles. The summed E-state index contributed by atoms with van der Waals surface area (Å²) in [5.41, 5.74) is 1.25. The first-order valence-corrected chi connectivity index (χ1v) is 5.24. The lowest BCUT2D eigenvalue weighted by Crippen LogP contribution is -2.11. The molecule has 2 nitrogen and oxygen atoms in total. The molecule has 2 saturated heterocycles. The smallest absolute Gasteiger partial charge is 0.0679 e. The van der Waals surface area contributed by atoms with E-state index in [1.165, 1.54) is 18.4 Å². The van der Waals surface area contributed by atoms with Crippen molar-refractivity contribution in [3.8, 4) is 0 Å². The van der Waals surface area contributed by atoms with Gasteiger partial charge in [0.2, 0.25) is 0 Å². The summed E-state index contributed by atoms with van der Waals surface area (Å²) in [7, 11) is 0. The zero-order valence-electron chi connectivity index (χ0n) is 8.13. The van der Waals surface area contributed by atoms with Crippen LogP contribution in [-0.2, 0) is 9.47 Å². The molecule has 2 heteroatoms. The highest BCUT2D eigenvalue weighted by molar-refractivity contribution is 5.01. The maximum absolute atomic E-state index is 5.57. The van der Waals surface area contributed by atoms with E-state index < -0.39 is 0 Å². The van der Waals surface area contributed by atoms with Gasteiger partial charge in [-0.2, -0.15) is 0 Å². The monoisotopic (exact) mass is 182 g/mol. The molecule has 0 amide bonds. The van der Waals surface area contributed by atoms with Gasteiger partial charge < -0.3 is 9.47 Å². The zero-order valence-corrected chi connectivity index (χ0v) is 8.13. The summed E-state index contributed by atoms with van der Waals surface area (Å²) in [6.07, 6.45) is 6.79. The van der Waals surface area contributed by atoms with E-state index in [0.29, 0.717) is 12.2 Å². The van der Waals surface area contributed by atoms with Crippen LogP contribution in [0.4, 0.5) is 0 Å². The normalized spacial score (nSPS) is 34.3. The third kappa shape index (κ3) is 2.55. The molecule has 1 unspecified atom stereocenters. The van der Waals surface area contributed by atoms with Crippen molar-refractivity contribution in [1.29, 1.82) is 0 Å². The molecule has 2 atom stereocenters. The van der Waals surface area contributed by atoms with E-state index >= 15 is 0 Å². The average molecular weight is 182 g/mol. The molecular formula is C11H18O2. The van der Waals surface area contributed by atoms with Gasteiger partial charge in [0.25, 0.3) is 0 Å². The molecule has 2 heterocycles. The Labute approximate surface area is 79.9 Å². The van der Waals surface area contributed by atoms with Crippen LogP contribution >= 0.6 is 0 Å². The van der Waals surface area contributed by atoms with Crippen molar-refractivity contribution in [2.24, 2.45) is 0 Å². The highest BCUT2D eigenvalue weighted by Gasteiger charge is 2.21. The molecule has 0 aliphatic carbocycles. The van der Waals surface area contributed by atoms with E-state index in [9.17, 15) is 0 Å². The van der Waals surface area contributed by atoms with E-state index in [1.807, 2.05) is 0 Å². The molecule has 0 aromatic rings. The Morgan fingerprint density at radius 3 is 2.69 bits per heavy atom. The van der Waals surface area contributed by atoms with Crippen LogP contribution in [0.3, 0.4) is 0 Å². The summed E-state index contributed by atoms with van der Waals surface area (Å²) in [6.45, 7) is 5.66. The van der Waals surface area contributed by atoms with Crippen molar-refractivity contribution in [3.63, 3.8) is 0 Å². The first-order valence-electron chi connectivity index (χ1n) is 5.24. The van der Waals surface area contributed by atoms with Gasteiger partial charge in [-0.15, -0.1) is 0 Å². The van der Waals surface area contributed by atoms with Crippen LogP contribution in [0.1, 0.15) is 32.1 Å². The van der Waals surface area contributed by atoms with Crippen LogP contribution in [0.25, 0.3) is 0 Å². The predicted molar refractivity (Wildman–Crippen MR) is 51.7 cm³/mol. The quantitative estimate of drug-likeness (QED) is 0.623. The second kappa shape index (κ2) is 4.25. The van der Waals surface area contributed by atoms with Crippen molar-refractivity contribution in [2.75, 3.05) is 13.2 Å². The van der Waals surface area contributed by atoms with Crippen LogP contribution < -0.4 is 0 Å². The summed E-state index contributed by atoms with van der Waals surface area (Å²) in [5, 5.41) is 0. The van der Waals surface area contributed by atoms with Crippen molar-refractivity contribution < 1.29 is 9.47 Å². The van der Waals surface area contributed by atoms with Gasteiger partial charge >= 0.3 is 0 Å². The van der Waals surface area contributed by atoms with E-state index in [1.54, 1.807) is 0 Å². The number of hydrogen-bond acceptors (Lipinski definition) is 2. The van der Waals surface area contributed by atoms with Crippen molar-refractivity contribution in [3.05, 3.63) is 12.2 Å². The van der Waals surface area contributed by atoms with Crippen LogP contribution in [0, 0.1) is 0 Å². The average Bonchev–Trinajstić information content (AvgIpc) is 2.71. The van der Waals surface area contributed by atoms with Gasteiger partial charge in [-0.1, -0.05) is 6.58 Å². The molecule has 0 N–H and O–H groups in total. The summed E-state index contributed by atoms with van der Waals surface area (Å²) < 4.78 is 11.1. The Kier molecular flexibility index (Phi) is 3.01. The van der Waals surface area contributed by atoms with Crippen LogP contribution in [0.15, 0.2) is 12.2 Å². The maximum atomic E-state index is 5.57. The lowest BCUT2D eigenvalue weighted by Gasteiger charge is -2.12. The standard InChI is InChI=1S/C11H18O2/c1-9-7-11(13-8-9)5-4-10-3-2-6-12-10/h10-11H,1-8H2/t10?,11-/m0/s1. The molecule has 0 saturated carbocycles. The van der Waals surface area contributed by atoms with Gasteiger partial charge in [0.1, 0.15) is 0 Å². The number of hydrogen-bond donors (Lipinski definition) is 0. The minimum Gasteiger partial charge on any atom is -0.378 e. The molecule has 13 heavy (non-hydrogen) atoms. The second-order valence-electron chi connectivity index (χ2n) is 4.10. The fourth-order valence-corrected chi connectivity index (χ4v) is 2.10. The van der Waals surface area contributed by atoms with Gasteiger partial charge in [-0.05, 0) is 37.7 Å². The lowest BCUT2D eigenvalue weighted by molar-refractivity contribution is 0.0662. The molecule has 0 aromatic heterocycles. The van der Waals surface area contributed by atoms with E-state index in [-0.39, 0.29) is 0 Å². The number of ether oxygens (including phenoxy) is 2.